The van der Waals surface area contributed by atoms with Crippen LogP contribution in [0.5, 0.6) is 0 Å². The van der Waals surface area contributed by atoms with E-state index in [1.165, 1.54) is 12.3 Å². The summed E-state index contributed by atoms with van der Waals surface area (Å²) < 4.78 is 0. The molecule has 0 bridgehead atoms. The summed E-state index contributed by atoms with van der Waals surface area (Å²) in [6.45, 7) is 0. The largest absolute Gasteiger partial charge is 0.278 e. The molecule has 0 N–H and O–H groups in total. The van der Waals surface area contributed by atoms with Crippen LogP contribution < -0.4 is 5.01 Å². The van der Waals surface area contributed by atoms with Gasteiger partial charge in [0.25, 0.3) is 5.69 Å². The van der Waals surface area contributed by atoms with Gasteiger partial charge in [0.1, 0.15) is 0 Å². The number of benzene rings is 3. The van der Waals surface area contributed by atoms with E-state index in [2.05, 4.69) is 5.10 Å². The third kappa shape index (κ3) is 3.47. The summed E-state index contributed by atoms with van der Waals surface area (Å²) in [5, 5.41) is 17.4. The molecule has 24 heavy (non-hydrogen) atoms. The van der Waals surface area contributed by atoms with E-state index >= 15 is 0 Å². The van der Waals surface area contributed by atoms with Gasteiger partial charge in [0.15, 0.2) is 0 Å². The molecule has 0 aromatic heterocycles. The van der Waals surface area contributed by atoms with Crippen molar-refractivity contribution in [1.82, 2.24) is 0 Å². The van der Waals surface area contributed by atoms with Gasteiger partial charge >= 0.3 is 0 Å². The Balaban J connectivity index is 2.01. The molecule has 0 saturated carbocycles. The molecule has 0 saturated heterocycles. The van der Waals surface area contributed by atoms with Gasteiger partial charge in [-0.05, 0) is 30.3 Å². The number of nitro benzene ring substituents is 1. The zero-order chi connectivity index (χ0) is 16.8. The van der Waals surface area contributed by atoms with E-state index in [4.69, 9.17) is 0 Å². The number of hydrazone groups is 1. The molecule has 3 aromatic carbocycles. The van der Waals surface area contributed by atoms with Gasteiger partial charge in [-0.15, -0.1) is 0 Å². The van der Waals surface area contributed by atoms with Crippen molar-refractivity contribution in [3.8, 4) is 0 Å². The number of hydrogen-bond donors (Lipinski definition) is 0. The van der Waals surface area contributed by atoms with Gasteiger partial charge in [0.2, 0.25) is 0 Å². The first kappa shape index (κ1) is 15.4. The minimum absolute atomic E-state index is 0.0299. The molecule has 5 heteroatoms. The van der Waals surface area contributed by atoms with Gasteiger partial charge in [-0.25, -0.2) is 5.01 Å². The normalized spacial score (nSPS) is 10.7. The highest BCUT2D eigenvalue weighted by atomic mass is 16.6. The Bertz CT molecular complexity index is 809. The lowest BCUT2D eigenvalue weighted by Gasteiger charge is -2.19. The lowest BCUT2D eigenvalue weighted by Crippen LogP contribution is -2.09. The predicted octanol–water partition coefficient (Wildman–Crippen LogP) is 4.77. The van der Waals surface area contributed by atoms with Crippen LogP contribution in [0.2, 0.25) is 0 Å². The number of anilines is 2. The molecule has 3 rings (SSSR count). The first-order valence-corrected chi connectivity index (χ1v) is 7.43. The van der Waals surface area contributed by atoms with E-state index in [1.54, 1.807) is 23.2 Å². The summed E-state index contributed by atoms with van der Waals surface area (Å²) >= 11 is 0. The van der Waals surface area contributed by atoms with Crippen LogP contribution >= 0.6 is 0 Å². The van der Waals surface area contributed by atoms with Crippen LogP contribution in [0.25, 0.3) is 0 Å². The van der Waals surface area contributed by atoms with Crippen LogP contribution in [0, 0.1) is 10.1 Å². The van der Waals surface area contributed by atoms with Crippen LogP contribution in [0.15, 0.2) is 90.0 Å². The van der Waals surface area contributed by atoms with E-state index in [0.717, 1.165) is 11.4 Å². The highest BCUT2D eigenvalue weighted by molar-refractivity contribution is 5.86. The molecule has 3 aromatic rings. The summed E-state index contributed by atoms with van der Waals surface area (Å²) in [7, 11) is 0. The smallest absolute Gasteiger partial charge is 0.258 e. The van der Waals surface area contributed by atoms with Crippen molar-refractivity contribution in [3.05, 3.63) is 101 Å². The van der Waals surface area contributed by atoms with Crippen molar-refractivity contribution in [2.75, 3.05) is 5.01 Å². The summed E-state index contributed by atoms with van der Waals surface area (Å²) in [6.07, 6.45) is 1.51. The van der Waals surface area contributed by atoms with Crippen LogP contribution in [0.3, 0.4) is 0 Å². The summed E-state index contributed by atoms with van der Waals surface area (Å²) in [5.41, 5.74) is 2.23. The van der Waals surface area contributed by atoms with Gasteiger partial charge in [0, 0.05) is 6.07 Å². The van der Waals surface area contributed by atoms with Gasteiger partial charge in [0.05, 0.1) is 28.1 Å². The molecule has 0 atom stereocenters. The molecule has 0 heterocycles. The predicted molar refractivity (Wildman–Crippen MR) is 95.7 cm³/mol. The summed E-state index contributed by atoms with van der Waals surface area (Å²) in [6, 6.07) is 25.8. The van der Waals surface area contributed by atoms with Gasteiger partial charge in [-0.2, -0.15) is 5.10 Å². The molecule has 5 nitrogen and oxygen atoms in total. The highest BCUT2D eigenvalue weighted by Gasteiger charge is 2.12. The van der Waals surface area contributed by atoms with E-state index in [9.17, 15) is 10.1 Å². The van der Waals surface area contributed by atoms with Gasteiger partial charge < -0.3 is 0 Å². The quantitative estimate of drug-likeness (QED) is 0.387. The van der Waals surface area contributed by atoms with E-state index in [-0.39, 0.29) is 5.69 Å². The van der Waals surface area contributed by atoms with Crippen molar-refractivity contribution in [3.63, 3.8) is 0 Å². The highest BCUT2D eigenvalue weighted by Crippen LogP contribution is 2.25. The fourth-order valence-corrected chi connectivity index (χ4v) is 2.30. The summed E-state index contributed by atoms with van der Waals surface area (Å²) in [5.74, 6) is 0. The SMILES string of the molecule is O=[N+]([O-])c1ccccc1C=NN(c1ccccc1)c1ccccc1. The Kier molecular flexibility index (Phi) is 4.62. The Hall–Kier alpha value is -3.47. The molecular formula is C19H15N3O2. The average molecular weight is 317 g/mol. The molecule has 0 unspecified atom stereocenters. The lowest BCUT2D eigenvalue weighted by molar-refractivity contribution is -0.385. The molecule has 0 fully saturated rings. The fraction of sp³-hybridized carbons (Fsp3) is 0. The van der Waals surface area contributed by atoms with Crippen molar-refractivity contribution in [2.45, 2.75) is 0 Å². The zero-order valence-electron chi connectivity index (χ0n) is 12.8. The molecule has 0 spiro atoms. The number of para-hydroxylation sites is 3. The average Bonchev–Trinajstić information content (AvgIpc) is 2.64. The third-order valence-corrected chi connectivity index (χ3v) is 3.45. The Morgan fingerprint density at radius 2 is 1.29 bits per heavy atom. The second-order valence-corrected chi connectivity index (χ2v) is 5.04. The van der Waals surface area contributed by atoms with Crippen molar-refractivity contribution < 1.29 is 4.92 Å². The van der Waals surface area contributed by atoms with E-state index in [0.29, 0.717) is 5.56 Å². The van der Waals surface area contributed by atoms with E-state index < -0.39 is 4.92 Å². The molecule has 0 aliphatic carbocycles. The first-order chi connectivity index (χ1) is 11.8. The van der Waals surface area contributed by atoms with Crippen LogP contribution in [-0.4, -0.2) is 11.1 Å². The standard InChI is InChI=1S/C19H15N3O2/c23-22(24)19-14-8-7-9-16(19)15-20-21(17-10-3-1-4-11-17)18-12-5-2-6-13-18/h1-15H. The first-order valence-electron chi connectivity index (χ1n) is 7.43. The van der Waals surface area contributed by atoms with Gasteiger partial charge in [-0.3, -0.25) is 10.1 Å². The maximum Gasteiger partial charge on any atom is 0.278 e. The Morgan fingerprint density at radius 1 is 0.792 bits per heavy atom. The van der Waals surface area contributed by atoms with Gasteiger partial charge in [-0.1, -0.05) is 48.5 Å². The Morgan fingerprint density at radius 3 is 1.83 bits per heavy atom. The fourth-order valence-electron chi connectivity index (χ4n) is 2.30. The maximum atomic E-state index is 11.1. The topological polar surface area (TPSA) is 58.7 Å². The third-order valence-electron chi connectivity index (χ3n) is 3.45. The second-order valence-electron chi connectivity index (χ2n) is 5.04. The number of nitrogens with zero attached hydrogens (tertiary/aromatic N) is 3. The molecule has 0 aliphatic rings. The molecule has 0 radical (unpaired) electrons. The number of rotatable bonds is 5. The zero-order valence-corrected chi connectivity index (χ0v) is 12.8. The molecular weight excluding hydrogens is 302 g/mol. The van der Waals surface area contributed by atoms with Crippen LogP contribution in [0.4, 0.5) is 17.1 Å². The van der Waals surface area contributed by atoms with Crippen LogP contribution in [-0.2, 0) is 0 Å². The Labute approximate surface area is 139 Å². The molecule has 0 amide bonds. The minimum atomic E-state index is -0.406. The minimum Gasteiger partial charge on any atom is -0.258 e. The maximum absolute atomic E-state index is 11.1. The van der Waals surface area contributed by atoms with E-state index in [1.807, 2.05) is 60.7 Å². The number of hydrogen-bond acceptors (Lipinski definition) is 4. The van der Waals surface area contributed by atoms with Crippen molar-refractivity contribution >= 4 is 23.3 Å². The van der Waals surface area contributed by atoms with Crippen molar-refractivity contribution in [1.29, 1.82) is 0 Å². The van der Waals surface area contributed by atoms with Crippen LogP contribution in [0.1, 0.15) is 5.56 Å². The lowest BCUT2D eigenvalue weighted by atomic mass is 10.2. The number of nitro groups is 1. The second kappa shape index (κ2) is 7.19. The molecule has 118 valence electrons. The monoisotopic (exact) mass is 317 g/mol. The molecule has 0 aliphatic heterocycles. The van der Waals surface area contributed by atoms with Crippen molar-refractivity contribution in [2.24, 2.45) is 5.10 Å². The summed E-state index contributed by atoms with van der Waals surface area (Å²) in [4.78, 5) is 10.7.